The lowest BCUT2D eigenvalue weighted by Crippen LogP contribution is -2.53. The summed E-state index contributed by atoms with van der Waals surface area (Å²) in [6.07, 6.45) is 13.7. The van der Waals surface area contributed by atoms with E-state index in [0.29, 0.717) is 23.3 Å². The normalized spacial score (nSPS) is 30.5. The van der Waals surface area contributed by atoms with Crippen LogP contribution in [0.2, 0.25) is 0 Å². The van der Waals surface area contributed by atoms with Crippen molar-refractivity contribution in [3.8, 4) is 5.69 Å². The van der Waals surface area contributed by atoms with Crippen LogP contribution in [0, 0.1) is 5.41 Å². The van der Waals surface area contributed by atoms with E-state index in [9.17, 15) is 0 Å². The molecule has 2 aliphatic heterocycles. The number of aromatic nitrogens is 5. The van der Waals surface area contributed by atoms with Gasteiger partial charge in [-0.2, -0.15) is 10.2 Å². The van der Waals surface area contributed by atoms with Gasteiger partial charge >= 0.3 is 0 Å². The fourth-order valence-electron chi connectivity index (χ4n) is 6.58. The van der Waals surface area contributed by atoms with Crippen molar-refractivity contribution in [2.24, 2.45) is 5.41 Å². The van der Waals surface area contributed by atoms with Crippen LogP contribution in [0.1, 0.15) is 94.6 Å². The van der Waals surface area contributed by atoms with E-state index in [1.807, 2.05) is 10.9 Å². The number of hydrogen-bond donors (Lipinski definition) is 1. The van der Waals surface area contributed by atoms with E-state index >= 15 is 0 Å². The molecule has 5 aliphatic rings. The highest BCUT2D eigenvalue weighted by molar-refractivity contribution is 5.44. The summed E-state index contributed by atoms with van der Waals surface area (Å²) >= 11 is 0. The molecule has 7 rings (SSSR count). The molecule has 0 aromatic carbocycles. The minimum absolute atomic E-state index is 0.0159. The van der Waals surface area contributed by atoms with Gasteiger partial charge in [0.15, 0.2) is 11.6 Å². The third-order valence-electron chi connectivity index (χ3n) is 9.34. The molecule has 2 aromatic heterocycles. The average molecular weight is 508 g/mol. The number of hydrogen-bond acceptors (Lipinski definition) is 8. The molecule has 1 N–H and O–H groups in total. The van der Waals surface area contributed by atoms with Gasteiger partial charge in [0.05, 0.1) is 37.3 Å². The Morgan fingerprint density at radius 1 is 1.00 bits per heavy atom. The molecule has 2 saturated heterocycles. The van der Waals surface area contributed by atoms with Gasteiger partial charge in [0.25, 0.3) is 0 Å². The highest BCUT2D eigenvalue weighted by Crippen LogP contribution is 2.44. The quantitative estimate of drug-likeness (QED) is 0.600. The van der Waals surface area contributed by atoms with Gasteiger partial charge < -0.3 is 19.7 Å². The minimum Gasteiger partial charge on any atom is -0.376 e. The summed E-state index contributed by atoms with van der Waals surface area (Å²) < 4.78 is 13.9. The van der Waals surface area contributed by atoms with Crippen molar-refractivity contribution in [1.82, 2.24) is 29.9 Å². The van der Waals surface area contributed by atoms with Crippen molar-refractivity contribution in [1.29, 1.82) is 0 Å². The summed E-state index contributed by atoms with van der Waals surface area (Å²) in [4.78, 5) is 7.57. The Kier molecular flexibility index (Phi) is 6.21. The topological polar surface area (TPSA) is 90.2 Å². The highest BCUT2D eigenvalue weighted by atomic mass is 16.6. The number of anilines is 1. The number of piperidine rings is 1. The van der Waals surface area contributed by atoms with Crippen LogP contribution in [0.4, 0.5) is 5.82 Å². The predicted octanol–water partition coefficient (Wildman–Crippen LogP) is 4.05. The molecular weight excluding hydrogens is 466 g/mol. The molecule has 9 nitrogen and oxygen atoms in total. The largest absolute Gasteiger partial charge is 0.376 e. The van der Waals surface area contributed by atoms with E-state index in [-0.39, 0.29) is 5.60 Å². The van der Waals surface area contributed by atoms with Crippen LogP contribution >= 0.6 is 0 Å². The molecule has 0 unspecified atom stereocenters. The summed E-state index contributed by atoms with van der Waals surface area (Å²) in [5.74, 6) is 4.09. The lowest BCUT2D eigenvalue weighted by atomic mass is 9.73. The van der Waals surface area contributed by atoms with Gasteiger partial charge in [-0.15, -0.1) is 5.10 Å². The van der Waals surface area contributed by atoms with Crippen LogP contribution < -0.4 is 5.32 Å². The molecule has 3 aliphatic carbocycles. The first-order valence-electron chi connectivity index (χ1n) is 14.6. The molecule has 200 valence electrons. The smallest absolute Gasteiger partial charge is 0.154 e. The average Bonchev–Trinajstić information content (AvgIpc) is 3.86. The fraction of sp³-hybridized carbons (Fsp3) is 0.786. The summed E-state index contributed by atoms with van der Waals surface area (Å²) in [5, 5.41) is 17.3. The standard InChI is InChI=1S/C28H41N7O2/c1-27(18-34-12-10-28(11-13-34)19-36-14-15-37-28)8-6-22(7-9-27)30-24-16-23(17-29-32-24)35-26(21-4-5-21)31-25(33-35)20-2-3-20/h16-17,20-22H,2-15,18-19H2,1H3,(H,30,32). The number of nitrogens with one attached hydrogen (secondary N) is 1. The second kappa shape index (κ2) is 9.58. The van der Waals surface area contributed by atoms with Gasteiger partial charge in [0.1, 0.15) is 5.82 Å². The van der Waals surface area contributed by atoms with Gasteiger partial charge in [-0.1, -0.05) is 6.92 Å². The van der Waals surface area contributed by atoms with Crippen LogP contribution in [0.25, 0.3) is 5.69 Å². The first-order valence-corrected chi connectivity index (χ1v) is 14.6. The zero-order chi connectivity index (χ0) is 24.9. The van der Waals surface area contributed by atoms with Crippen molar-refractivity contribution in [3.63, 3.8) is 0 Å². The Labute approximate surface area is 219 Å². The van der Waals surface area contributed by atoms with E-state index in [4.69, 9.17) is 19.6 Å². The lowest BCUT2D eigenvalue weighted by molar-refractivity contribution is -0.178. The lowest BCUT2D eigenvalue weighted by Gasteiger charge is -2.47. The molecular formula is C28H41N7O2. The van der Waals surface area contributed by atoms with Gasteiger partial charge in [-0.05, 0) is 69.6 Å². The summed E-state index contributed by atoms with van der Waals surface area (Å²) in [5.41, 5.74) is 1.34. The zero-order valence-corrected chi connectivity index (χ0v) is 22.2. The van der Waals surface area contributed by atoms with Gasteiger partial charge in [-0.25, -0.2) is 9.67 Å². The van der Waals surface area contributed by atoms with Crippen LogP contribution in [0.5, 0.6) is 0 Å². The fourth-order valence-corrected chi connectivity index (χ4v) is 6.58. The Hall–Kier alpha value is -2.10. The first kappa shape index (κ1) is 24.0. The maximum Gasteiger partial charge on any atom is 0.154 e. The van der Waals surface area contributed by atoms with Gasteiger partial charge in [0.2, 0.25) is 0 Å². The number of likely N-dealkylation sites (tertiary alicyclic amines) is 1. The summed E-state index contributed by atoms with van der Waals surface area (Å²) in [7, 11) is 0. The van der Waals surface area contributed by atoms with Crippen molar-refractivity contribution in [2.75, 3.05) is 44.8 Å². The molecule has 0 radical (unpaired) electrons. The van der Waals surface area contributed by atoms with Crippen molar-refractivity contribution >= 4 is 5.82 Å². The molecule has 37 heavy (non-hydrogen) atoms. The molecule has 5 fully saturated rings. The van der Waals surface area contributed by atoms with Crippen molar-refractivity contribution in [3.05, 3.63) is 23.9 Å². The van der Waals surface area contributed by atoms with Crippen molar-refractivity contribution < 1.29 is 9.47 Å². The van der Waals surface area contributed by atoms with Crippen molar-refractivity contribution in [2.45, 2.75) is 94.6 Å². The van der Waals surface area contributed by atoms with E-state index in [2.05, 4.69) is 33.4 Å². The van der Waals surface area contributed by atoms with Gasteiger partial charge in [0, 0.05) is 43.6 Å². The Morgan fingerprint density at radius 2 is 1.78 bits per heavy atom. The van der Waals surface area contributed by atoms with Crippen LogP contribution in [0.3, 0.4) is 0 Å². The van der Waals surface area contributed by atoms with Crippen LogP contribution in [-0.4, -0.2) is 81.0 Å². The SMILES string of the molecule is CC1(CN2CCC3(CC2)COCCO3)CCC(Nc2cc(-n3nc(C4CC4)nc3C3CC3)cnn2)CC1. The first-order chi connectivity index (χ1) is 18.1. The van der Waals surface area contributed by atoms with E-state index in [1.54, 1.807) is 0 Å². The van der Waals surface area contributed by atoms with Gasteiger partial charge in [-0.3, -0.25) is 0 Å². The molecule has 9 heteroatoms. The zero-order valence-electron chi connectivity index (χ0n) is 22.2. The molecule has 3 saturated carbocycles. The summed E-state index contributed by atoms with van der Waals surface area (Å²) in [6, 6.07) is 2.55. The maximum absolute atomic E-state index is 6.13. The third-order valence-corrected chi connectivity index (χ3v) is 9.34. The van der Waals surface area contributed by atoms with Crippen LogP contribution in [0.15, 0.2) is 12.3 Å². The third kappa shape index (κ3) is 5.27. The van der Waals surface area contributed by atoms with Crippen LogP contribution in [-0.2, 0) is 9.47 Å². The Balaban J connectivity index is 0.944. The van der Waals surface area contributed by atoms with E-state index in [0.717, 1.165) is 68.9 Å². The summed E-state index contributed by atoms with van der Waals surface area (Å²) in [6.45, 7) is 8.18. The second-order valence-corrected chi connectivity index (χ2v) is 12.7. The predicted molar refractivity (Wildman–Crippen MR) is 140 cm³/mol. The molecule has 2 aromatic rings. The maximum atomic E-state index is 6.13. The minimum atomic E-state index is -0.0159. The highest BCUT2D eigenvalue weighted by Gasteiger charge is 2.40. The molecule has 0 amide bonds. The molecule has 1 spiro atoms. The number of nitrogens with zero attached hydrogens (tertiary/aromatic N) is 6. The molecule has 4 heterocycles. The number of rotatable bonds is 7. The monoisotopic (exact) mass is 507 g/mol. The second-order valence-electron chi connectivity index (χ2n) is 12.7. The Bertz CT molecular complexity index is 1090. The number of ether oxygens (including phenoxy) is 2. The molecule has 0 atom stereocenters. The molecule has 0 bridgehead atoms. The van der Waals surface area contributed by atoms with E-state index < -0.39 is 0 Å². The Morgan fingerprint density at radius 3 is 2.49 bits per heavy atom. The van der Waals surface area contributed by atoms with E-state index in [1.165, 1.54) is 57.9 Å².